The van der Waals surface area contributed by atoms with Gasteiger partial charge in [0.25, 0.3) is 5.91 Å². The molecule has 1 heterocycles. The lowest BCUT2D eigenvalue weighted by Gasteiger charge is -2.26. The van der Waals surface area contributed by atoms with E-state index in [9.17, 15) is 18.0 Å². The van der Waals surface area contributed by atoms with Gasteiger partial charge in [-0.25, -0.2) is 13.2 Å². The molecule has 8 nitrogen and oxygen atoms in total. The van der Waals surface area contributed by atoms with E-state index in [1.807, 2.05) is 0 Å². The van der Waals surface area contributed by atoms with Crippen LogP contribution < -0.4 is 5.32 Å². The van der Waals surface area contributed by atoms with Gasteiger partial charge in [0.2, 0.25) is 10.0 Å². The average Bonchev–Trinajstić information content (AvgIpc) is 2.78. The minimum absolute atomic E-state index is 0.216. The topological polar surface area (TPSA) is 102 Å². The van der Waals surface area contributed by atoms with Crippen LogP contribution >= 0.6 is 0 Å². The highest BCUT2D eigenvalue weighted by Gasteiger charge is 2.26. The monoisotopic (exact) mass is 418 g/mol. The molecule has 0 atom stereocenters. The summed E-state index contributed by atoms with van der Waals surface area (Å²) in [4.78, 5) is 23.9. The predicted molar refractivity (Wildman–Crippen MR) is 105 cm³/mol. The van der Waals surface area contributed by atoms with Gasteiger partial charge in [0.15, 0.2) is 0 Å². The molecule has 0 aliphatic carbocycles. The molecule has 154 valence electrons. The molecular weight excluding hydrogens is 396 g/mol. The van der Waals surface area contributed by atoms with Crippen LogP contribution in [-0.4, -0.2) is 58.0 Å². The highest BCUT2D eigenvalue weighted by Crippen LogP contribution is 2.17. The van der Waals surface area contributed by atoms with Crippen LogP contribution in [-0.2, 0) is 26.0 Å². The van der Waals surface area contributed by atoms with Gasteiger partial charge in [0.05, 0.1) is 30.8 Å². The molecule has 1 N–H and O–H groups in total. The molecule has 2 aromatic rings. The number of carbonyl (C=O) groups is 2. The number of nitrogens with one attached hydrogen (secondary N) is 1. The third-order valence-electron chi connectivity index (χ3n) is 4.55. The van der Waals surface area contributed by atoms with E-state index in [1.54, 1.807) is 24.3 Å². The maximum Gasteiger partial charge on any atom is 0.337 e. The molecular formula is C20H22N2O6S. The molecule has 0 unspecified atom stereocenters. The molecule has 0 bridgehead atoms. The van der Waals surface area contributed by atoms with Crippen LogP contribution in [0.1, 0.15) is 26.3 Å². The molecule has 0 saturated carbocycles. The molecule has 1 amide bonds. The summed E-state index contributed by atoms with van der Waals surface area (Å²) in [5.74, 6) is -0.768. The Hall–Kier alpha value is -2.75. The molecule has 1 aliphatic rings. The standard InChI is InChI=1S/C20H22N2O6S/c1-27-20(24)17-6-4-16(5-7-17)19(23)21-14-15-2-8-18(9-3-15)29(25,26)22-10-12-28-13-11-22/h2-9H,10-14H2,1H3,(H,21,23). The van der Waals surface area contributed by atoms with Crippen molar-refractivity contribution in [3.8, 4) is 0 Å². The van der Waals surface area contributed by atoms with E-state index in [1.165, 1.54) is 35.7 Å². The molecule has 1 fully saturated rings. The van der Waals surface area contributed by atoms with Crippen LogP contribution in [0, 0.1) is 0 Å². The van der Waals surface area contributed by atoms with Crippen LogP contribution in [0.25, 0.3) is 0 Å². The highest BCUT2D eigenvalue weighted by molar-refractivity contribution is 7.89. The molecule has 0 aromatic heterocycles. The van der Waals surface area contributed by atoms with Crippen LogP contribution in [0.2, 0.25) is 0 Å². The van der Waals surface area contributed by atoms with Crippen molar-refractivity contribution in [1.82, 2.24) is 9.62 Å². The summed E-state index contributed by atoms with van der Waals surface area (Å²) in [5.41, 5.74) is 1.54. The summed E-state index contributed by atoms with van der Waals surface area (Å²) >= 11 is 0. The minimum Gasteiger partial charge on any atom is -0.465 e. The Labute approximate surface area is 169 Å². The summed E-state index contributed by atoms with van der Waals surface area (Å²) in [6, 6.07) is 12.5. The zero-order chi connectivity index (χ0) is 20.9. The van der Waals surface area contributed by atoms with Crippen molar-refractivity contribution in [2.45, 2.75) is 11.4 Å². The van der Waals surface area contributed by atoms with Crippen LogP contribution in [0.15, 0.2) is 53.4 Å². The van der Waals surface area contributed by atoms with E-state index in [0.29, 0.717) is 37.4 Å². The zero-order valence-electron chi connectivity index (χ0n) is 16.0. The van der Waals surface area contributed by atoms with Crippen molar-refractivity contribution in [2.75, 3.05) is 33.4 Å². The number of hydrogen-bond acceptors (Lipinski definition) is 6. The van der Waals surface area contributed by atoms with Gasteiger partial charge in [-0.1, -0.05) is 12.1 Å². The fourth-order valence-corrected chi connectivity index (χ4v) is 4.28. The van der Waals surface area contributed by atoms with E-state index < -0.39 is 16.0 Å². The van der Waals surface area contributed by atoms with E-state index in [0.717, 1.165) is 5.56 Å². The first-order valence-corrected chi connectivity index (χ1v) is 10.5. The molecule has 1 aliphatic heterocycles. The summed E-state index contributed by atoms with van der Waals surface area (Å²) in [5, 5.41) is 2.77. The Morgan fingerprint density at radius 2 is 1.59 bits per heavy atom. The lowest BCUT2D eigenvalue weighted by atomic mass is 10.1. The largest absolute Gasteiger partial charge is 0.465 e. The smallest absolute Gasteiger partial charge is 0.337 e. The lowest BCUT2D eigenvalue weighted by Crippen LogP contribution is -2.40. The number of hydrogen-bond donors (Lipinski definition) is 1. The predicted octanol–water partition coefficient (Wildman–Crippen LogP) is 1.42. The van der Waals surface area contributed by atoms with Gasteiger partial charge >= 0.3 is 5.97 Å². The molecule has 1 saturated heterocycles. The maximum absolute atomic E-state index is 12.6. The van der Waals surface area contributed by atoms with E-state index in [2.05, 4.69) is 10.1 Å². The van der Waals surface area contributed by atoms with Gasteiger partial charge < -0.3 is 14.8 Å². The third kappa shape index (κ3) is 5.00. The van der Waals surface area contributed by atoms with Crippen LogP contribution in [0.4, 0.5) is 0 Å². The average molecular weight is 418 g/mol. The van der Waals surface area contributed by atoms with Crippen LogP contribution in [0.3, 0.4) is 0 Å². The molecule has 0 spiro atoms. The summed E-state index contributed by atoms with van der Waals surface area (Å²) in [6.45, 7) is 1.72. The maximum atomic E-state index is 12.6. The van der Waals surface area contributed by atoms with E-state index >= 15 is 0 Å². The third-order valence-corrected chi connectivity index (χ3v) is 6.47. The van der Waals surface area contributed by atoms with Gasteiger partial charge in [0.1, 0.15) is 0 Å². The van der Waals surface area contributed by atoms with Crippen LogP contribution in [0.5, 0.6) is 0 Å². The van der Waals surface area contributed by atoms with E-state index in [-0.39, 0.29) is 17.3 Å². The van der Waals surface area contributed by atoms with Crippen molar-refractivity contribution < 1.29 is 27.5 Å². The van der Waals surface area contributed by atoms with Gasteiger partial charge in [-0.05, 0) is 42.0 Å². The summed E-state index contributed by atoms with van der Waals surface area (Å²) in [7, 11) is -2.25. The highest BCUT2D eigenvalue weighted by atomic mass is 32.2. The first kappa shape index (κ1) is 21.0. The fourth-order valence-electron chi connectivity index (χ4n) is 2.88. The van der Waals surface area contributed by atoms with E-state index in [4.69, 9.17) is 4.74 Å². The number of morpholine rings is 1. The van der Waals surface area contributed by atoms with Gasteiger partial charge in [0, 0.05) is 25.2 Å². The SMILES string of the molecule is COC(=O)c1ccc(C(=O)NCc2ccc(S(=O)(=O)N3CCOCC3)cc2)cc1. The number of sulfonamides is 1. The van der Waals surface area contributed by atoms with Gasteiger partial charge in [-0.15, -0.1) is 0 Å². The number of rotatable bonds is 6. The Balaban J connectivity index is 1.60. The first-order chi connectivity index (χ1) is 13.9. The Bertz CT molecular complexity index is 965. The zero-order valence-corrected chi connectivity index (χ0v) is 16.8. The fraction of sp³-hybridized carbons (Fsp3) is 0.300. The summed E-state index contributed by atoms with van der Waals surface area (Å²) < 4.78 is 36.5. The molecule has 3 rings (SSSR count). The van der Waals surface area contributed by atoms with Crippen molar-refractivity contribution in [1.29, 1.82) is 0 Å². The number of esters is 1. The Morgan fingerprint density at radius 3 is 2.17 bits per heavy atom. The molecule has 29 heavy (non-hydrogen) atoms. The second-order valence-corrected chi connectivity index (χ2v) is 8.35. The summed E-state index contributed by atoms with van der Waals surface area (Å²) in [6.07, 6.45) is 0. The second-order valence-electron chi connectivity index (χ2n) is 6.41. The lowest BCUT2D eigenvalue weighted by molar-refractivity contribution is 0.0600. The number of nitrogens with zero attached hydrogens (tertiary/aromatic N) is 1. The number of amides is 1. The van der Waals surface area contributed by atoms with Crippen molar-refractivity contribution >= 4 is 21.9 Å². The number of ether oxygens (including phenoxy) is 2. The van der Waals surface area contributed by atoms with Crippen molar-refractivity contribution in [3.63, 3.8) is 0 Å². The number of methoxy groups -OCH3 is 1. The molecule has 0 radical (unpaired) electrons. The normalized spacial score (nSPS) is 14.9. The van der Waals surface area contributed by atoms with Gasteiger partial charge in [-0.3, -0.25) is 4.79 Å². The van der Waals surface area contributed by atoms with Gasteiger partial charge in [-0.2, -0.15) is 4.31 Å². The number of carbonyl (C=O) groups excluding carboxylic acids is 2. The Kier molecular flexibility index (Phi) is 6.63. The molecule has 9 heteroatoms. The minimum atomic E-state index is -3.54. The Morgan fingerprint density at radius 1 is 1.00 bits per heavy atom. The molecule has 2 aromatic carbocycles. The van der Waals surface area contributed by atoms with Crippen molar-refractivity contribution in [3.05, 3.63) is 65.2 Å². The first-order valence-electron chi connectivity index (χ1n) is 9.05. The number of benzene rings is 2. The second kappa shape index (κ2) is 9.17. The quantitative estimate of drug-likeness (QED) is 0.712. The van der Waals surface area contributed by atoms with Crippen molar-refractivity contribution in [2.24, 2.45) is 0 Å².